The highest BCUT2D eigenvalue weighted by Crippen LogP contribution is 1.82. The van der Waals surface area contributed by atoms with Gasteiger partial charge in [-0.3, -0.25) is 9.35 Å². The Labute approximate surface area is 83.5 Å². The Hall–Kier alpha value is -0.920. The largest absolute Gasteiger partial charge is 0.460 e. The molecule has 0 heterocycles. The maximum atomic E-state index is 10.5. The van der Waals surface area contributed by atoms with Crippen LogP contribution in [0.25, 0.3) is 0 Å². The molecule has 0 radical (unpaired) electrons. The first-order chi connectivity index (χ1) is 6.18. The molecule has 0 aromatic heterocycles. The molecule has 0 aliphatic heterocycles. The van der Waals surface area contributed by atoms with Gasteiger partial charge in [0, 0.05) is 0 Å². The first-order valence-electron chi connectivity index (χ1n) is 3.64. The summed E-state index contributed by atoms with van der Waals surface area (Å²) in [7, 11) is -3.67. The highest BCUT2D eigenvalue weighted by Gasteiger charge is 2.05. The van der Waals surface area contributed by atoms with Gasteiger partial charge in [-0.25, -0.2) is 0 Å². The Kier molecular flexibility index (Phi) is 8.31. The highest BCUT2D eigenvalue weighted by molar-refractivity contribution is 7.85. The van der Waals surface area contributed by atoms with Crippen molar-refractivity contribution in [3.05, 3.63) is 12.7 Å². The molecule has 0 aliphatic carbocycles. The third kappa shape index (κ3) is 22.5. The number of hydrogen-bond acceptors (Lipinski definition) is 5. The number of carbonyl (C=O) groups is 1. The van der Waals surface area contributed by atoms with Gasteiger partial charge in [-0.1, -0.05) is 12.7 Å². The molecule has 0 saturated heterocycles. The van der Waals surface area contributed by atoms with E-state index in [1.54, 1.807) is 6.92 Å². The van der Waals surface area contributed by atoms with E-state index >= 15 is 0 Å². The molecule has 7 heteroatoms. The fourth-order valence-electron chi connectivity index (χ4n) is 0.273. The van der Waals surface area contributed by atoms with Crippen molar-refractivity contribution in [1.82, 2.24) is 0 Å². The van der Waals surface area contributed by atoms with E-state index in [1.807, 2.05) is 0 Å². The number of esters is 1. The molecule has 6 nitrogen and oxygen atoms in total. The number of ether oxygens (including phenoxy) is 1. The number of hydrogen-bond donors (Lipinski definition) is 2. The topological polar surface area (TPSA) is 107 Å². The van der Waals surface area contributed by atoms with E-state index in [2.05, 4.69) is 11.3 Å². The molecule has 0 rings (SSSR count). The van der Waals surface area contributed by atoms with Crippen LogP contribution in [0.2, 0.25) is 0 Å². The van der Waals surface area contributed by atoms with E-state index < -0.39 is 22.1 Å². The van der Waals surface area contributed by atoms with E-state index in [0.717, 1.165) is 0 Å². The highest BCUT2D eigenvalue weighted by atomic mass is 32.2. The van der Waals surface area contributed by atoms with Gasteiger partial charge in [-0.2, -0.15) is 8.42 Å². The van der Waals surface area contributed by atoms with E-state index in [4.69, 9.17) is 10.3 Å². The van der Waals surface area contributed by atoms with Crippen molar-refractivity contribution in [1.29, 1.82) is 0 Å². The van der Waals surface area contributed by atoms with Gasteiger partial charge in [0.15, 0.2) is 0 Å². The molecule has 0 aromatic rings. The van der Waals surface area contributed by atoms with Crippen molar-refractivity contribution >= 4 is 16.1 Å². The monoisotopic (exact) mass is 225 g/mol. The summed E-state index contributed by atoms with van der Waals surface area (Å²) < 4.78 is 30.4. The Balaban J connectivity index is 0. The second-order valence-corrected chi connectivity index (χ2v) is 3.91. The van der Waals surface area contributed by atoms with Crippen molar-refractivity contribution in [2.24, 2.45) is 5.73 Å². The molecule has 14 heavy (non-hydrogen) atoms. The zero-order valence-corrected chi connectivity index (χ0v) is 8.95. The lowest BCUT2D eigenvalue weighted by Gasteiger charge is -2.02. The van der Waals surface area contributed by atoms with Crippen LogP contribution in [0.15, 0.2) is 12.7 Å². The second-order valence-electron chi connectivity index (χ2n) is 2.44. The Morgan fingerprint density at radius 1 is 1.71 bits per heavy atom. The molecule has 3 N–H and O–H groups in total. The van der Waals surface area contributed by atoms with Crippen LogP contribution in [0, 0.1) is 0 Å². The van der Waals surface area contributed by atoms with Gasteiger partial charge in [0.05, 0.1) is 6.26 Å². The minimum atomic E-state index is -3.67. The summed E-state index contributed by atoms with van der Waals surface area (Å²) >= 11 is 0. The quantitative estimate of drug-likeness (QED) is 0.383. The summed E-state index contributed by atoms with van der Waals surface area (Å²) in [6.07, 6.45) is 2.22. The minimum Gasteiger partial charge on any atom is -0.460 e. The van der Waals surface area contributed by atoms with Gasteiger partial charge in [0.25, 0.3) is 10.1 Å². The smallest absolute Gasteiger partial charge is 0.322 e. The molecule has 0 spiro atoms. The molecule has 0 amide bonds. The Bertz CT molecular complexity index is 262. The zero-order valence-electron chi connectivity index (χ0n) is 8.13. The number of carbonyl (C=O) groups excluding carboxylic acids is 1. The summed E-state index contributed by atoms with van der Waals surface area (Å²) in [5.41, 5.74) is 5.17. The number of nitrogens with two attached hydrogens (primary N) is 1. The van der Waals surface area contributed by atoms with E-state index in [0.29, 0.717) is 6.26 Å². The van der Waals surface area contributed by atoms with Crippen molar-refractivity contribution in [2.75, 3.05) is 12.9 Å². The fourth-order valence-corrected chi connectivity index (χ4v) is 0.273. The van der Waals surface area contributed by atoms with E-state index in [-0.39, 0.29) is 6.61 Å². The van der Waals surface area contributed by atoms with Crippen molar-refractivity contribution in [2.45, 2.75) is 13.0 Å². The van der Waals surface area contributed by atoms with E-state index in [1.165, 1.54) is 6.08 Å². The predicted molar refractivity (Wildman–Crippen MR) is 52.3 cm³/mol. The Morgan fingerprint density at radius 2 is 2.07 bits per heavy atom. The molecule has 0 fully saturated rings. The lowest BCUT2D eigenvalue weighted by molar-refractivity contribution is -0.143. The van der Waals surface area contributed by atoms with Gasteiger partial charge in [0.1, 0.15) is 12.6 Å². The van der Waals surface area contributed by atoms with Crippen LogP contribution < -0.4 is 5.73 Å². The third-order valence-electron chi connectivity index (χ3n) is 0.715. The summed E-state index contributed by atoms with van der Waals surface area (Å²) in [5.74, 6) is -0.394. The standard InChI is InChI=1S/C6H11NO2.CH4O3S/c1-3-4-9-6(8)5(2)7;1-5(2,3)4/h3,5H,1,4,7H2,2H3;1H3,(H,2,3,4). The van der Waals surface area contributed by atoms with Crippen LogP contribution in [-0.2, 0) is 19.6 Å². The van der Waals surface area contributed by atoms with Crippen molar-refractivity contribution in [3.63, 3.8) is 0 Å². The maximum absolute atomic E-state index is 10.5. The molecule has 0 aromatic carbocycles. The molecule has 1 atom stereocenters. The van der Waals surface area contributed by atoms with Gasteiger partial charge in [-0.05, 0) is 6.92 Å². The van der Waals surface area contributed by atoms with Crippen LogP contribution in [0.5, 0.6) is 0 Å². The molecule has 1 unspecified atom stereocenters. The van der Waals surface area contributed by atoms with Crippen LogP contribution in [0.1, 0.15) is 6.92 Å². The molecular formula is C7H15NO5S. The van der Waals surface area contributed by atoms with Gasteiger partial charge >= 0.3 is 5.97 Å². The van der Waals surface area contributed by atoms with Crippen LogP contribution >= 0.6 is 0 Å². The average molecular weight is 225 g/mol. The normalized spacial score (nSPS) is 12.0. The summed E-state index contributed by atoms with van der Waals surface area (Å²) in [4.78, 5) is 10.5. The molecular weight excluding hydrogens is 210 g/mol. The molecule has 0 bridgehead atoms. The Morgan fingerprint density at radius 3 is 2.29 bits per heavy atom. The van der Waals surface area contributed by atoms with E-state index in [9.17, 15) is 13.2 Å². The zero-order chi connectivity index (χ0) is 11.8. The predicted octanol–water partition coefficient (Wildman–Crippen LogP) is -0.433. The van der Waals surface area contributed by atoms with Crippen LogP contribution in [-0.4, -0.2) is 37.8 Å². The number of rotatable bonds is 3. The molecule has 0 aliphatic rings. The molecule has 84 valence electrons. The minimum absolute atomic E-state index is 0.236. The van der Waals surface area contributed by atoms with Crippen molar-refractivity contribution < 1.29 is 22.5 Å². The first-order valence-corrected chi connectivity index (χ1v) is 5.49. The third-order valence-corrected chi connectivity index (χ3v) is 0.715. The average Bonchev–Trinajstić information content (AvgIpc) is 1.96. The lowest BCUT2D eigenvalue weighted by atomic mass is 10.4. The SMILES string of the molecule is C=CCOC(=O)C(C)N.CS(=O)(=O)O. The van der Waals surface area contributed by atoms with Gasteiger partial charge in [0.2, 0.25) is 0 Å². The first kappa shape index (κ1) is 15.5. The summed E-state index contributed by atoms with van der Waals surface area (Å²) in [6.45, 7) is 5.19. The molecule has 0 saturated carbocycles. The van der Waals surface area contributed by atoms with Crippen LogP contribution in [0.4, 0.5) is 0 Å². The summed E-state index contributed by atoms with van der Waals surface area (Å²) in [6, 6.07) is -0.537. The van der Waals surface area contributed by atoms with Gasteiger partial charge in [-0.15, -0.1) is 0 Å². The fraction of sp³-hybridized carbons (Fsp3) is 0.571. The second kappa shape index (κ2) is 7.48. The van der Waals surface area contributed by atoms with Crippen molar-refractivity contribution in [3.8, 4) is 0 Å². The van der Waals surface area contributed by atoms with Gasteiger partial charge < -0.3 is 10.5 Å². The maximum Gasteiger partial charge on any atom is 0.322 e. The van der Waals surface area contributed by atoms with Crippen LogP contribution in [0.3, 0.4) is 0 Å². The lowest BCUT2D eigenvalue weighted by Crippen LogP contribution is -2.28. The summed E-state index contributed by atoms with van der Waals surface area (Å²) in [5, 5.41) is 0.